The summed E-state index contributed by atoms with van der Waals surface area (Å²) in [5.74, 6) is 0.563. The van der Waals surface area contributed by atoms with Gasteiger partial charge in [-0.2, -0.15) is 0 Å². The first-order valence-electron chi connectivity index (χ1n) is 9.02. The molecule has 2 aromatic rings. The van der Waals surface area contributed by atoms with Gasteiger partial charge in [0.1, 0.15) is 0 Å². The molecule has 2 N–H and O–H groups in total. The van der Waals surface area contributed by atoms with Crippen LogP contribution in [0.25, 0.3) is 0 Å². The van der Waals surface area contributed by atoms with E-state index in [1.165, 1.54) is 17.8 Å². The molecule has 1 aromatic carbocycles. The number of nitrogens with one attached hydrogen (secondary N) is 2. The van der Waals surface area contributed by atoms with Gasteiger partial charge in [0.05, 0.1) is 4.88 Å². The van der Waals surface area contributed by atoms with Crippen LogP contribution in [0.1, 0.15) is 38.4 Å². The predicted molar refractivity (Wildman–Crippen MR) is 104 cm³/mol. The molecule has 0 spiro atoms. The van der Waals surface area contributed by atoms with Gasteiger partial charge in [-0.05, 0) is 61.5 Å². The number of rotatable bonds is 6. The molecule has 5 nitrogen and oxygen atoms in total. The van der Waals surface area contributed by atoms with Gasteiger partial charge in [-0.25, -0.2) is 0 Å². The number of nitrogens with zero attached hydrogens (tertiary/aromatic N) is 1. The number of benzene rings is 1. The monoisotopic (exact) mass is 371 g/mol. The first-order valence-corrected chi connectivity index (χ1v) is 9.90. The molecule has 1 unspecified atom stereocenters. The van der Waals surface area contributed by atoms with Crippen LogP contribution >= 0.6 is 11.3 Å². The Balaban J connectivity index is 1.55. The molecule has 1 atom stereocenters. The van der Waals surface area contributed by atoms with Crippen molar-refractivity contribution in [2.45, 2.75) is 19.4 Å². The summed E-state index contributed by atoms with van der Waals surface area (Å²) >= 11 is 1.43. The summed E-state index contributed by atoms with van der Waals surface area (Å²) in [6.07, 6.45) is 2.23. The highest BCUT2D eigenvalue weighted by Crippen LogP contribution is 2.18. The van der Waals surface area contributed by atoms with E-state index >= 15 is 0 Å². The third kappa shape index (κ3) is 4.71. The lowest BCUT2D eigenvalue weighted by Crippen LogP contribution is -2.42. The lowest BCUT2D eigenvalue weighted by atomic mass is 9.97. The fourth-order valence-electron chi connectivity index (χ4n) is 3.33. The zero-order valence-corrected chi connectivity index (χ0v) is 15.8. The third-order valence-corrected chi connectivity index (χ3v) is 5.57. The van der Waals surface area contributed by atoms with E-state index in [2.05, 4.69) is 10.6 Å². The predicted octanol–water partition coefficient (Wildman–Crippen LogP) is 2.75. The van der Waals surface area contributed by atoms with Gasteiger partial charge < -0.3 is 15.5 Å². The van der Waals surface area contributed by atoms with Gasteiger partial charge >= 0.3 is 0 Å². The molecule has 26 heavy (non-hydrogen) atoms. The van der Waals surface area contributed by atoms with Crippen LogP contribution in [-0.2, 0) is 6.54 Å². The first-order chi connectivity index (χ1) is 12.7. The van der Waals surface area contributed by atoms with Crippen molar-refractivity contribution in [3.05, 3.63) is 57.8 Å². The highest BCUT2D eigenvalue weighted by molar-refractivity contribution is 7.12. The van der Waals surface area contributed by atoms with Crippen molar-refractivity contribution in [2.24, 2.45) is 5.92 Å². The van der Waals surface area contributed by atoms with Crippen molar-refractivity contribution in [1.82, 2.24) is 15.5 Å². The third-order valence-electron chi connectivity index (χ3n) is 4.70. The molecule has 3 rings (SSSR count). The smallest absolute Gasteiger partial charge is 0.261 e. The van der Waals surface area contributed by atoms with Crippen molar-refractivity contribution in [3.8, 4) is 0 Å². The molecule has 1 aliphatic rings. The van der Waals surface area contributed by atoms with E-state index in [0.29, 0.717) is 22.9 Å². The number of carbonyl (C=O) groups excluding carboxylic acids is 2. The summed E-state index contributed by atoms with van der Waals surface area (Å²) in [4.78, 5) is 27.4. The van der Waals surface area contributed by atoms with Gasteiger partial charge in [0, 0.05) is 25.2 Å². The lowest BCUT2D eigenvalue weighted by molar-refractivity contribution is 0.0674. The standard InChI is InChI=1S/C20H25N3O2S/c1-21-12-16-4-2-10-23(14-16)20(25)17-8-6-15(7-9-17)13-22-19(24)18-5-3-11-26-18/h3,5-9,11,16,21H,2,4,10,12-14H2,1H3,(H,22,24). The molecule has 1 saturated heterocycles. The Bertz CT molecular complexity index is 726. The molecular weight excluding hydrogens is 346 g/mol. The van der Waals surface area contributed by atoms with E-state index in [9.17, 15) is 9.59 Å². The van der Waals surface area contributed by atoms with Crippen LogP contribution in [-0.4, -0.2) is 43.4 Å². The van der Waals surface area contributed by atoms with Crippen LogP contribution in [0.2, 0.25) is 0 Å². The quantitative estimate of drug-likeness (QED) is 0.821. The van der Waals surface area contributed by atoms with E-state index in [1.807, 2.05) is 53.7 Å². The van der Waals surface area contributed by atoms with Crippen LogP contribution < -0.4 is 10.6 Å². The number of carbonyl (C=O) groups is 2. The Morgan fingerprint density at radius 1 is 1.23 bits per heavy atom. The normalized spacial score (nSPS) is 17.1. The molecule has 0 aliphatic carbocycles. The van der Waals surface area contributed by atoms with E-state index in [4.69, 9.17) is 0 Å². The fourth-order valence-corrected chi connectivity index (χ4v) is 3.97. The van der Waals surface area contributed by atoms with E-state index < -0.39 is 0 Å². The number of thiophene rings is 1. The largest absolute Gasteiger partial charge is 0.347 e. The van der Waals surface area contributed by atoms with Gasteiger partial charge in [-0.1, -0.05) is 18.2 Å². The van der Waals surface area contributed by atoms with Crippen LogP contribution in [0.5, 0.6) is 0 Å². The molecule has 2 heterocycles. The second-order valence-corrected chi connectivity index (χ2v) is 7.62. The molecule has 0 bridgehead atoms. The van der Waals surface area contributed by atoms with E-state index in [-0.39, 0.29) is 11.8 Å². The molecule has 6 heteroatoms. The van der Waals surface area contributed by atoms with Crippen LogP contribution in [0.15, 0.2) is 41.8 Å². The minimum absolute atomic E-state index is 0.0657. The Morgan fingerprint density at radius 3 is 2.73 bits per heavy atom. The molecule has 2 amide bonds. The molecule has 1 aromatic heterocycles. The highest BCUT2D eigenvalue weighted by atomic mass is 32.1. The molecule has 1 fully saturated rings. The summed E-state index contributed by atoms with van der Waals surface area (Å²) in [6.45, 7) is 3.06. The Hall–Kier alpha value is -2.18. The van der Waals surface area contributed by atoms with Crippen molar-refractivity contribution in [3.63, 3.8) is 0 Å². The number of hydrogen-bond donors (Lipinski definition) is 2. The summed E-state index contributed by atoms with van der Waals surface area (Å²) in [5.41, 5.74) is 1.70. The van der Waals surface area contributed by atoms with Gasteiger partial charge in [0.2, 0.25) is 0 Å². The Morgan fingerprint density at radius 2 is 2.04 bits per heavy atom. The first kappa shape index (κ1) is 18.6. The average Bonchev–Trinajstić information content (AvgIpc) is 3.21. The maximum atomic E-state index is 12.7. The minimum Gasteiger partial charge on any atom is -0.347 e. The topological polar surface area (TPSA) is 61.4 Å². The molecule has 1 aliphatic heterocycles. The molecule has 0 saturated carbocycles. The van der Waals surface area contributed by atoms with Gasteiger partial charge in [-0.3, -0.25) is 9.59 Å². The van der Waals surface area contributed by atoms with E-state index in [0.717, 1.165) is 31.6 Å². The number of likely N-dealkylation sites (tertiary alicyclic amines) is 1. The van der Waals surface area contributed by atoms with Gasteiger partial charge in [0.25, 0.3) is 11.8 Å². The summed E-state index contributed by atoms with van der Waals surface area (Å²) in [7, 11) is 1.96. The number of piperidine rings is 1. The summed E-state index contributed by atoms with van der Waals surface area (Å²) in [5, 5.41) is 7.99. The molecule has 138 valence electrons. The van der Waals surface area contributed by atoms with Crippen molar-refractivity contribution in [2.75, 3.05) is 26.7 Å². The van der Waals surface area contributed by atoms with Crippen molar-refractivity contribution in [1.29, 1.82) is 0 Å². The maximum Gasteiger partial charge on any atom is 0.261 e. The highest BCUT2D eigenvalue weighted by Gasteiger charge is 2.23. The van der Waals surface area contributed by atoms with E-state index in [1.54, 1.807) is 0 Å². The Kier molecular flexibility index (Phi) is 6.41. The fraction of sp³-hybridized carbons (Fsp3) is 0.400. The summed E-state index contributed by atoms with van der Waals surface area (Å²) in [6, 6.07) is 11.2. The second kappa shape index (κ2) is 8.96. The average molecular weight is 372 g/mol. The van der Waals surface area contributed by atoms with Crippen LogP contribution in [0.3, 0.4) is 0 Å². The zero-order chi connectivity index (χ0) is 18.4. The Labute approximate surface area is 158 Å². The number of hydrogen-bond acceptors (Lipinski definition) is 4. The maximum absolute atomic E-state index is 12.7. The SMILES string of the molecule is CNCC1CCCN(C(=O)c2ccc(CNC(=O)c3cccs3)cc2)C1. The molecule has 0 radical (unpaired) electrons. The van der Waals surface area contributed by atoms with Crippen molar-refractivity contribution < 1.29 is 9.59 Å². The number of amides is 2. The van der Waals surface area contributed by atoms with Crippen LogP contribution in [0, 0.1) is 5.92 Å². The summed E-state index contributed by atoms with van der Waals surface area (Å²) < 4.78 is 0. The molecular formula is C20H25N3O2S. The van der Waals surface area contributed by atoms with Gasteiger partial charge in [-0.15, -0.1) is 11.3 Å². The van der Waals surface area contributed by atoms with Crippen molar-refractivity contribution >= 4 is 23.2 Å². The second-order valence-electron chi connectivity index (χ2n) is 6.67. The lowest BCUT2D eigenvalue weighted by Gasteiger charge is -2.32. The van der Waals surface area contributed by atoms with Gasteiger partial charge in [0.15, 0.2) is 0 Å². The zero-order valence-electron chi connectivity index (χ0n) is 15.0. The van der Waals surface area contributed by atoms with Crippen LogP contribution in [0.4, 0.5) is 0 Å². The minimum atomic E-state index is -0.0657.